The van der Waals surface area contributed by atoms with Crippen molar-refractivity contribution in [2.24, 2.45) is 5.41 Å². The number of methoxy groups -OCH3 is 2. The average molecular weight is 277 g/mol. The molecular weight excluding hydrogens is 250 g/mol. The number of rotatable bonds is 5. The van der Waals surface area contributed by atoms with Crippen LogP contribution in [0.2, 0.25) is 0 Å². The van der Waals surface area contributed by atoms with E-state index < -0.39 is 0 Å². The van der Waals surface area contributed by atoms with Crippen molar-refractivity contribution in [3.8, 4) is 11.5 Å². The topological polar surface area (TPSA) is 30.5 Å². The van der Waals surface area contributed by atoms with Gasteiger partial charge in [-0.15, -0.1) is 0 Å². The van der Waals surface area contributed by atoms with Crippen LogP contribution in [0.15, 0.2) is 18.2 Å². The molecule has 1 aliphatic carbocycles. The maximum absolute atomic E-state index is 5.59. The number of hydrogen-bond donors (Lipinski definition) is 1. The first kappa shape index (κ1) is 15.2. The van der Waals surface area contributed by atoms with Crippen LogP contribution >= 0.6 is 0 Å². The summed E-state index contributed by atoms with van der Waals surface area (Å²) in [5.74, 6) is 1.82. The minimum absolute atomic E-state index is 0.258. The second kappa shape index (κ2) is 6.49. The van der Waals surface area contributed by atoms with Gasteiger partial charge in [0.1, 0.15) is 11.5 Å². The van der Waals surface area contributed by atoms with Crippen LogP contribution in [0.3, 0.4) is 0 Å². The summed E-state index contributed by atoms with van der Waals surface area (Å²) in [6.45, 7) is 2.39. The number of ether oxygens (including phenoxy) is 2. The van der Waals surface area contributed by atoms with E-state index in [0.29, 0.717) is 0 Å². The van der Waals surface area contributed by atoms with Crippen molar-refractivity contribution < 1.29 is 9.47 Å². The zero-order valence-electron chi connectivity index (χ0n) is 13.2. The van der Waals surface area contributed by atoms with Crippen LogP contribution < -0.4 is 14.8 Å². The first-order valence-corrected chi connectivity index (χ1v) is 7.54. The normalized spacial score (nSPS) is 19.4. The fourth-order valence-electron chi connectivity index (χ4n) is 3.65. The van der Waals surface area contributed by atoms with E-state index in [1.807, 2.05) is 25.2 Å². The van der Waals surface area contributed by atoms with Gasteiger partial charge in [0.15, 0.2) is 0 Å². The van der Waals surface area contributed by atoms with E-state index in [9.17, 15) is 0 Å². The van der Waals surface area contributed by atoms with E-state index in [2.05, 4.69) is 12.2 Å². The fourth-order valence-corrected chi connectivity index (χ4v) is 3.65. The zero-order valence-corrected chi connectivity index (χ0v) is 13.2. The Kier molecular flexibility index (Phi) is 4.92. The Morgan fingerprint density at radius 3 is 2.05 bits per heavy atom. The van der Waals surface area contributed by atoms with Crippen molar-refractivity contribution >= 4 is 0 Å². The van der Waals surface area contributed by atoms with Crippen LogP contribution in [-0.4, -0.2) is 21.3 Å². The highest BCUT2D eigenvalue weighted by atomic mass is 16.5. The van der Waals surface area contributed by atoms with Crippen LogP contribution in [0.25, 0.3) is 0 Å². The molecule has 1 fully saturated rings. The van der Waals surface area contributed by atoms with Crippen molar-refractivity contribution in [3.63, 3.8) is 0 Å². The molecule has 112 valence electrons. The first-order chi connectivity index (χ1) is 9.66. The minimum atomic E-state index is 0.258. The number of nitrogens with one attached hydrogen (secondary N) is 1. The van der Waals surface area contributed by atoms with Crippen LogP contribution in [0.1, 0.15) is 50.6 Å². The van der Waals surface area contributed by atoms with Gasteiger partial charge in [-0.1, -0.05) is 32.3 Å². The zero-order chi connectivity index (χ0) is 14.6. The van der Waals surface area contributed by atoms with Gasteiger partial charge in [0.2, 0.25) is 0 Å². The molecular formula is C17H27NO2. The Balaban J connectivity index is 2.45. The molecule has 3 heteroatoms. The summed E-state index contributed by atoms with van der Waals surface area (Å²) in [5, 5.41) is 3.52. The van der Waals surface area contributed by atoms with Gasteiger partial charge in [-0.25, -0.2) is 0 Å². The lowest BCUT2D eigenvalue weighted by atomic mass is 9.68. The Hall–Kier alpha value is -1.22. The molecule has 1 saturated carbocycles. The van der Waals surface area contributed by atoms with Gasteiger partial charge >= 0.3 is 0 Å². The molecule has 0 aromatic heterocycles. The summed E-state index contributed by atoms with van der Waals surface area (Å²) in [5.41, 5.74) is 1.42. The van der Waals surface area contributed by atoms with Crippen LogP contribution in [0.4, 0.5) is 0 Å². The van der Waals surface area contributed by atoms with E-state index in [-0.39, 0.29) is 11.5 Å². The molecule has 20 heavy (non-hydrogen) atoms. The van der Waals surface area contributed by atoms with Gasteiger partial charge in [0.25, 0.3) is 0 Å². The largest absolute Gasteiger partial charge is 0.496 e. The predicted octanol–water partition coefficient (Wildman–Crippen LogP) is 3.93. The third-order valence-electron chi connectivity index (χ3n) is 4.74. The lowest BCUT2D eigenvalue weighted by molar-refractivity contribution is 0.146. The Morgan fingerprint density at radius 1 is 1.05 bits per heavy atom. The van der Waals surface area contributed by atoms with Gasteiger partial charge in [0.05, 0.1) is 19.8 Å². The molecule has 1 unspecified atom stereocenters. The number of hydrogen-bond acceptors (Lipinski definition) is 3. The molecule has 1 aromatic rings. The second-order valence-corrected chi connectivity index (χ2v) is 6.01. The van der Waals surface area contributed by atoms with Crippen LogP contribution in [-0.2, 0) is 0 Å². The molecule has 1 aromatic carbocycles. The molecule has 2 rings (SSSR count). The van der Waals surface area contributed by atoms with E-state index in [4.69, 9.17) is 9.47 Å². The molecule has 0 heterocycles. The summed E-state index contributed by atoms with van der Waals surface area (Å²) in [6, 6.07) is 6.29. The fraction of sp³-hybridized carbons (Fsp3) is 0.647. The van der Waals surface area contributed by atoms with Crippen LogP contribution in [0, 0.1) is 5.41 Å². The third kappa shape index (κ3) is 2.78. The van der Waals surface area contributed by atoms with Crippen LogP contribution in [0.5, 0.6) is 11.5 Å². The van der Waals surface area contributed by atoms with Crippen molar-refractivity contribution in [1.29, 1.82) is 0 Å². The molecule has 0 saturated heterocycles. The van der Waals surface area contributed by atoms with Crippen molar-refractivity contribution in [1.82, 2.24) is 5.32 Å². The highest BCUT2D eigenvalue weighted by Gasteiger charge is 2.38. The highest BCUT2D eigenvalue weighted by molar-refractivity contribution is 5.47. The molecule has 0 bridgehead atoms. The van der Waals surface area contributed by atoms with Gasteiger partial charge in [-0.2, -0.15) is 0 Å². The Labute approximate surface area is 122 Å². The highest BCUT2D eigenvalue weighted by Crippen LogP contribution is 2.49. The second-order valence-electron chi connectivity index (χ2n) is 6.01. The Morgan fingerprint density at radius 2 is 1.60 bits per heavy atom. The molecule has 0 amide bonds. The maximum atomic E-state index is 5.59. The smallest absolute Gasteiger partial charge is 0.127 e. The molecule has 1 atom stereocenters. The van der Waals surface area contributed by atoms with Gasteiger partial charge in [-0.05, 0) is 37.4 Å². The Bertz CT molecular complexity index is 416. The summed E-state index contributed by atoms with van der Waals surface area (Å²) >= 11 is 0. The summed E-state index contributed by atoms with van der Waals surface area (Å²) < 4.78 is 11.2. The molecule has 0 radical (unpaired) electrons. The summed E-state index contributed by atoms with van der Waals surface area (Å²) in [7, 11) is 5.50. The van der Waals surface area contributed by atoms with Crippen molar-refractivity contribution in [2.45, 2.75) is 45.1 Å². The van der Waals surface area contributed by atoms with Crippen molar-refractivity contribution in [3.05, 3.63) is 23.8 Å². The maximum Gasteiger partial charge on any atom is 0.127 e. The standard InChI is InChI=1S/C17H27NO2/c1-17(11-6-5-7-12-17)16(18-2)15-13(19-3)9-8-10-14(15)20-4/h8-10,16,18H,5-7,11-12H2,1-4H3. The molecule has 0 aliphatic heterocycles. The van der Waals surface area contributed by atoms with Gasteiger partial charge in [-0.3, -0.25) is 0 Å². The molecule has 0 spiro atoms. The van der Waals surface area contributed by atoms with E-state index >= 15 is 0 Å². The summed E-state index contributed by atoms with van der Waals surface area (Å²) in [6.07, 6.45) is 6.48. The monoisotopic (exact) mass is 277 g/mol. The lowest BCUT2D eigenvalue weighted by Crippen LogP contribution is -2.36. The molecule has 3 nitrogen and oxygen atoms in total. The van der Waals surface area contributed by atoms with Gasteiger partial charge < -0.3 is 14.8 Å². The average Bonchev–Trinajstić information content (AvgIpc) is 2.48. The lowest BCUT2D eigenvalue weighted by Gasteiger charge is -2.41. The van der Waals surface area contributed by atoms with E-state index in [1.54, 1.807) is 14.2 Å². The SMILES string of the molecule is CNC(c1c(OC)cccc1OC)C1(C)CCCCC1. The molecule has 1 N–H and O–H groups in total. The third-order valence-corrected chi connectivity index (χ3v) is 4.74. The number of benzene rings is 1. The van der Waals surface area contributed by atoms with Gasteiger partial charge in [0, 0.05) is 6.04 Å². The quantitative estimate of drug-likeness (QED) is 0.884. The van der Waals surface area contributed by atoms with Crippen molar-refractivity contribution in [2.75, 3.05) is 21.3 Å². The first-order valence-electron chi connectivity index (χ1n) is 7.54. The predicted molar refractivity (Wildman–Crippen MR) is 82.5 cm³/mol. The summed E-state index contributed by atoms with van der Waals surface area (Å²) in [4.78, 5) is 0. The van der Waals surface area contributed by atoms with E-state index in [1.165, 1.54) is 32.1 Å². The van der Waals surface area contributed by atoms with E-state index in [0.717, 1.165) is 17.1 Å². The molecule has 1 aliphatic rings. The minimum Gasteiger partial charge on any atom is -0.496 e.